The first kappa shape index (κ1) is 22.0. The normalized spacial score (nSPS) is 20.5. The number of carbonyl (C=O) groups excluding carboxylic acids is 1. The number of carbonyl (C=O) groups is 1. The number of nitrogens with one attached hydrogen (secondary N) is 1. The van der Waals surface area contributed by atoms with Crippen molar-refractivity contribution < 1.29 is 14.3 Å². The number of aromatic nitrogens is 1. The van der Waals surface area contributed by atoms with E-state index in [0.29, 0.717) is 30.6 Å². The van der Waals surface area contributed by atoms with E-state index in [9.17, 15) is 4.79 Å². The van der Waals surface area contributed by atoms with E-state index in [1.54, 1.807) is 0 Å². The number of hydrogen-bond acceptors (Lipinski definition) is 6. The maximum Gasteiger partial charge on any atom is 0.225 e. The highest BCUT2D eigenvalue weighted by atomic mass is 16.5. The van der Waals surface area contributed by atoms with Crippen molar-refractivity contribution >= 4 is 17.4 Å². The zero-order chi connectivity index (χ0) is 22.6. The number of rotatable bonds is 7. The molecule has 3 aliphatic heterocycles. The van der Waals surface area contributed by atoms with Gasteiger partial charge in [-0.05, 0) is 61.9 Å². The first-order valence-corrected chi connectivity index (χ1v) is 12.3. The zero-order valence-electron chi connectivity index (χ0n) is 19.5. The molecule has 1 amide bonds. The van der Waals surface area contributed by atoms with Gasteiger partial charge in [0.15, 0.2) is 0 Å². The Morgan fingerprint density at radius 1 is 1.12 bits per heavy atom. The minimum Gasteiger partial charge on any atom is -0.493 e. The van der Waals surface area contributed by atoms with Gasteiger partial charge in [0.05, 0.1) is 13.2 Å². The van der Waals surface area contributed by atoms with Crippen molar-refractivity contribution in [2.45, 2.75) is 44.9 Å². The number of fused-ring (bicyclic) bond motifs is 2. The molecular formula is C26H34N4O3. The van der Waals surface area contributed by atoms with Gasteiger partial charge < -0.3 is 19.7 Å². The molecule has 1 atom stereocenters. The van der Waals surface area contributed by atoms with Gasteiger partial charge in [-0.25, -0.2) is 0 Å². The van der Waals surface area contributed by atoms with Crippen LogP contribution in [0.1, 0.15) is 49.7 Å². The van der Waals surface area contributed by atoms with Crippen LogP contribution in [0.15, 0.2) is 30.3 Å². The van der Waals surface area contributed by atoms with Gasteiger partial charge in [0.2, 0.25) is 11.8 Å². The third-order valence-corrected chi connectivity index (χ3v) is 7.01. The molecule has 1 fully saturated rings. The number of ether oxygens (including phenoxy) is 2. The molecule has 0 bridgehead atoms. The molecule has 3 aliphatic rings. The van der Waals surface area contributed by atoms with Crippen LogP contribution in [0.5, 0.6) is 11.6 Å². The van der Waals surface area contributed by atoms with Gasteiger partial charge in [0.25, 0.3) is 0 Å². The average Bonchev–Trinajstić information content (AvgIpc) is 2.84. The molecule has 1 aromatic carbocycles. The topological polar surface area (TPSA) is 66.9 Å². The third-order valence-electron chi connectivity index (χ3n) is 7.01. The highest BCUT2D eigenvalue weighted by Crippen LogP contribution is 2.40. The van der Waals surface area contributed by atoms with Crippen molar-refractivity contribution in [2.75, 3.05) is 56.2 Å². The van der Waals surface area contributed by atoms with E-state index in [1.165, 1.54) is 11.3 Å². The number of unbranched alkanes of at least 4 members (excludes halogenated alkanes) is 1. The summed E-state index contributed by atoms with van der Waals surface area (Å²) in [7, 11) is 0. The number of piperazine rings is 1. The number of hydrogen-bond donors (Lipinski definition) is 1. The Bertz CT molecular complexity index is 987. The monoisotopic (exact) mass is 450 g/mol. The number of pyridine rings is 1. The summed E-state index contributed by atoms with van der Waals surface area (Å²) in [6.45, 7) is 9.19. The van der Waals surface area contributed by atoms with Crippen LogP contribution < -0.4 is 19.7 Å². The molecule has 33 heavy (non-hydrogen) atoms. The summed E-state index contributed by atoms with van der Waals surface area (Å²) in [6.07, 6.45) is 4.48. The summed E-state index contributed by atoms with van der Waals surface area (Å²) in [5.74, 6) is 2.91. The van der Waals surface area contributed by atoms with Crippen molar-refractivity contribution in [1.29, 1.82) is 0 Å². The lowest BCUT2D eigenvalue weighted by Gasteiger charge is -2.38. The van der Waals surface area contributed by atoms with E-state index in [4.69, 9.17) is 9.47 Å². The number of nitrogens with zero attached hydrogens (tertiary/aromatic N) is 3. The van der Waals surface area contributed by atoms with Crippen LogP contribution in [-0.2, 0) is 11.2 Å². The molecule has 1 aromatic heterocycles. The lowest BCUT2D eigenvalue weighted by molar-refractivity contribution is -0.116. The molecule has 0 aliphatic carbocycles. The highest BCUT2D eigenvalue weighted by Gasteiger charge is 2.25. The Balaban J connectivity index is 1.04. The quantitative estimate of drug-likeness (QED) is 0.647. The molecule has 1 N–H and O–H groups in total. The fourth-order valence-electron chi connectivity index (χ4n) is 5.05. The molecule has 2 aromatic rings. The Morgan fingerprint density at radius 3 is 2.88 bits per heavy atom. The minimum atomic E-state index is 0.0299. The first-order chi connectivity index (χ1) is 16.2. The lowest BCUT2D eigenvalue weighted by Crippen LogP contribution is -2.47. The van der Waals surface area contributed by atoms with Gasteiger partial charge in [-0.15, -0.1) is 0 Å². The SMILES string of the molecule is CC1CCOc2cccc(N3CCN(CCCCOc4ccc5c(n4)NC(=O)CC5)CC3)c21. The van der Waals surface area contributed by atoms with E-state index in [2.05, 4.69) is 45.2 Å². The van der Waals surface area contributed by atoms with Gasteiger partial charge in [0.1, 0.15) is 11.6 Å². The molecule has 0 saturated carbocycles. The van der Waals surface area contributed by atoms with E-state index in [0.717, 1.165) is 76.3 Å². The highest BCUT2D eigenvalue weighted by molar-refractivity contribution is 5.92. The van der Waals surface area contributed by atoms with E-state index >= 15 is 0 Å². The van der Waals surface area contributed by atoms with Gasteiger partial charge in [-0.3, -0.25) is 9.69 Å². The van der Waals surface area contributed by atoms with Crippen LogP contribution in [0, 0.1) is 0 Å². The molecule has 7 heteroatoms. The second-order valence-electron chi connectivity index (χ2n) is 9.32. The van der Waals surface area contributed by atoms with Crippen LogP contribution in [0.4, 0.5) is 11.5 Å². The molecule has 5 rings (SSSR count). The first-order valence-electron chi connectivity index (χ1n) is 12.3. The Labute approximate surface area is 196 Å². The van der Waals surface area contributed by atoms with E-state index in [-0.39, 0.29) is 5.91 Å². The molecule has 1 saturated heterocycles. The Kier molecular flexibility index (Phi) is 6.67. The van der Waals surface area contributed by atoms with E-state index < -0.39 is 0 Å². The van der Waals surface area contributed by atoms with Crippen molar-refractivity contribution in [2.24, 2.45) is 0 Å². The fourth-order valence-corrected chi connectivity index (χ4v) is 5.05. The van der Waals surface area contributed by atoms with Gasteiger partial charge in [0, 0.05) is 49.9 Å². The molecule has 1 unspecified atom stereocenters. The van der Waals surface area contributed by atoms with Crippen LogP contribution in [-0.4, -0.2) is 61.7 Å². The van der Waals surface area contributed by atoms with Crippen LogP contribution in [0.25, 0.3) is 0 Å². The van der Waals surface area contributed by atoms with Crippen molar-refractivity contribution in [3.8, 4) is 11.6 Å². The second-order valence-corrected chi connectivity index (χ2v) is 9.32. The molecule has 0 spiro atoms. The molecule has 7 nitrogen and oxygen atoms in total. The predicted molar refractivity (Wildman–Crippen MR) is 130 cm³/mol. The summed E-state index contributed by atoms with van der Waals surface area (Å²) in [5.41, 5.74) is 3.84. The number of anilines is 2. The number of amides is 1. The summed E-state index contributed by atoms with van der Waals surface area (Å²) in [6, 6.07) is 10.4. The van der Waals surface area contributed by atoms with Gasteiger partial charge >= 0.3 is 0 Å². The summed E-state index contributed by atoms with van der Waals surface area (Å²) in [4.78, 5) is 21.1. The average molecular weight is 451 g/mol. The van der Waals surface area contributed by atoms with Crippen molar-refractivity contribution in [1.82, 2.24) is 9.88 Å². The van der Waals surface area contributed by atoms with Crippen LogP contribution in [0.3, 0.4) is 0 Å². The predicted octanol–water partition coefficient (Wildman–Crippen LogP) is 3.83. The molecule has 0 radical (unpaired) electrons. The maximum absolute atomic E-state index is 11.6. The van der Waals surface area contributed by atoms with Gasteiger partial charge in [-0.2, -0.15) is 4.98 Å². The standard InChI is InChI=1S/C26H34N4O3/c1-19-11-18-32-22-6-4-5-21(25(19)22)30-15-13-29(14-16-30)12-2-3-17-33-24-10-8-20-7-9-23(31)27-26(20)28-24/h4-6,8,10,19H,2-3,7,9,11-18H2,1H3,(H,27,28,31). The van der Waals surface area contributed by atoms with E-state index in [1.807, 2.05) is 12.1 Å². The molecule has 176 valence electrons. The zero-order valence-corrected chi connectivity index (χ0v) is 19.5. The van der Waals surface area contributed by atoms with Gasteiger partial charge in [-0.1, -0.05) is 13.0 Å². The summed E-state index contributed by atoms with van der Waals surface area (Å²) in [5, 5.41) is 2.83. The van der Waals surface area contributed by atoms with Crippen LogP contribution in [0.2, 0.25) is 0 Å². The Hall–Kier alpha value is -2.80. The summed E-state index contributed by atoms with van der Waals surface area (Å²) < 4.78 is 11.7. The summed E-state index contributed by atoms with van der Waals surface area (Å²) >= 11 is 0. The van der Waals surface area contributed by atoms with Crippen LogP contribution >= 0.6 is 0 Å². The fraction of sp³-hybridized carbons (Fsp3) is 0.538. The third kappa shape index (κ3) is 5.08. The largest absolute Gasteiger partial charge is 0.493 e. The van der Waals surface area contributed by atoms with Crippen molar-refractivity contribution in [3.05, 3.63) is 41.5 Å². The molecular weight excluding hydrogens is 416 g/mol. The second kappa shape index (κ2) is 10.00. The minimum absolute atomic E-state index is 0.0299. The lowest BCUT2D eigenvalue weighted by atomic mass is 9.92. The maximum atomic E-state index is 11.6. The number of aryl methyl sites for hydroxylation is 1. The smallest absolute Gasteiger partial charge is 0.225 e. The Morgan fingerprint density at radius 2 is 2.00 bits per heavy atom. The number of benzene rings is 1. The molecule has 4 heterocycles. The van der Waals surface area contributed by atoms with Crippen molar-refractivity contribution in [3.63, 3.8) is 0 Å².